The van der Waals surface area contributed by atoms with Gasteiger partial charge in [-0.3, -0.25) is 28.9 Å². The van der Waals surface area contributed by atoms with Crippen molar-refractivity contribution in [1.29, 1.82) is 0 Å². The number of carboxylic acid groups (broad SMARTS) is 1. The van der Waals surface area contributed by atoms with E-state index in [4.69, 9.17) is 38.9 Å². The van der Waals surface area contributed by atoms with E-state index < -0.39 is 189 Å². The van der Waals surface area contributed by atoms with Gasteiger partial charge in [0.1, 0.15) is 70.7 Å². The van der Waals surface area contributed by atoms with Crippen LogP contribution in [0.3, 0.4) is 0 Å². The minimum absolute atomic E-state index is 0. The second kappa shape index (κ2) is 34.3. The van der Waals surface area contributed by atoms with Gasteiger partial charge in [0.05, 0.1) is 82.1 Å². The maximum absolute atomic E-state index is 15.0. The number of aliphatic hydroxyl groups excluding tert-OH is 6. The van der Waals surface area contributed by atoms with Gasteiger partial charge in [-0.1, -0.05) is 39.8 Å². The van der Waals surface area contributed by atoms with Crippen LogP contribution in [0, 0.1) is 35.4 Å². The standard InChI is InChI=1S/C38H72N2O12.C22H24N2O8.C18H20FN3O4.H2O/c1-15-27-38(10,46)31(42)24(6)40(13)19-20(2)17-36(8,45)33(52-35-29(41)26(39(11)12)16-21(3)48-35)22(4)30(23(5)34(44)50-27)51-28-18-37(9,47-14)32(43)25(7)49-28;1-7-8-5-4-6-9(25)11(8)16(26)12-10(7)17(27)14-15(24(2)3)18(28)13(21(23)31)20(30)22(14,32)19(12)29;1-10-9-26-17-14-11(16(23)12(18(24)25)8-22(10)14)7-13(19)15(17)21-5-3-20(2)4-6-21;/h20-33,35,41-43,45-46H,15-19H2,1-14H3;4-7,10,14-15,17,25,27-29,32H,1-3H3,(H2,23,31);7-8,10H,3-6,9H2,1-2H3,(H,24,25);1H2/t20-,21-,22+,23-,24-,25+,26+,27-,28+,29-,30+,31-,32+,33-,35+,36-,37-,38-;7-,10+,14+,15-,17-,22-;;/m10../s1. The van der Waals surface area contributed by atoms with Gasteiger partial charge in [-0.05, 0) is 146 Å². The highest BCUT2D eigenvalue weighted by Crippen LogP contribution is 2.56. The van der Waals surface area contributed by atoms with E-state index in [0.717, 1.165) is 19.2 Å². The van der Waals surface area contributed by atoms with Crippen LogP contribution < -0.4 is 20.8 Å². The normalized spacial score (nSPS) is 37.9. The van der Waals surface area contributed by atoms with E-state index in [0.29, 0.717) is 48.6 Å². The maximum Gasteiger partial charge on any atom is 0.341 e. The topological polar surface area (TPSA) is 468 Å². The predicted octanol–water partition coefficient (Wildman–Crippen LogP) is 2.27. The van der Waals surface area contributed by atoms with Crippen molar-refractivity contribution in [3.05, 3.63) is 85.9 Å². The Bertz CT molecular complexity index is 4050. The average Bonchev–Trinajstić information content (AvgIpc) is 0.694. The Balaban J connectivity index is 0.000000223. The highest BCUT2D eigenvalue weighted by molar-refractivity contribution is 6.25. The van der Waals surface area contributed by atoms with Crippen LogP contribution in [0.25, 0.3) is 10.9 Å². The number of pyridine rings is 1. The quantitative estimate of drug-likeness (QED) is 0.0967. The van der Waals surface area contributed by atoms with E-state index in [1.54, 1.807) is 65.2 Å². The number of aromatic carboxylic acids is 1. The van der Waals surface area contributed by atoms with Crippen LogP contribution in [0.2, 0.25) is 0 Å². The van der Waals surface area contributed by atoms with E-state index in [9.17, 15) is 89.3 Å². The predicted molar refractivity (Wildman–Crippen MR) is 403 cm³/mol. The number of nitrogens with two attached hydrogens (primary N) is 1. The number of esters is 1. The van der Waals surface area contributed by atoms with Gasteiger partial charge in [0, 0.05) is 81.9 Å². The number of halogens is 1. The summed E-state index contributed by atoms with van der Waals surface area (Å²) < 4.78 is 60.1. The summed E-state index contributed by atoms with van der Waals surface area (Å²) in [6.45, 7) is 24.8. The number of aliphatic hydroxyl groups is 9. The molecule has 8 aliphatic rings. The number of fused-ring (bicyclic) bond motifs is 3. The van der Waals surface area contributed by atoms with Crippen LogP contribution in [-0.4, -0.2) is 312 Å². The number of phenolic OH excluding ortho intramolecular Hbond substituents is 1. The molecule has 1 unspecified atom stereocenters. The smallest absolute Gasteiger partial charge is 0.341 e. The number of Topliss-reactive ketones (excluding diaryl/α,β-unsaturated/α-hetero) is 2. The number of benzene rings is 2. The number of piperazine rings is 1. The van der Waals surface area contributed by atoms with Crippen molar-refractivity contribution in [2.24, 2.45) is 35.3 Å². The Morgan fingerprint density at radius 1 is 0.829 bits per heavy atom. The van der Waals surface area contributed by atoms with Gasteiger partial charge in [-0.15, -0.1) is 0 Å². The van der Waals surface area contributed by atoms with Gasteiger partial charge in [-0.2, -0.15) is 0 Å². The zero-order valence-electron chi connectivity index (χ0n) is 66.9. The molecule has 0 spiro atoms. The summed E-state index contributed by atoms with van der Waals surface area (Å²) in [6.07, 6.45) is -8.44. The monoisotopic (exact) mass is 1570 g/mol. The van der Waals surface area contributed by atoms with E-state index >= 15 is 0 Å². The Morgan fingerprint density at radius 2 is 1.46 bits per heavy atom. The molecule has 0 saturated carbocycles. The third-order valence-electron chi connectivity index (χ3n) is 24.4. The number of phenols is 1. The number of aromatic nitrogens is 1. The Hall–Kier alpha value is -6.87. The fraction of sp³-hybridized carbons (Fsp3) is 0.692. The molecule has 32 nitrogen and oxygen atoms in total. The molecule has 111 heavy (non-hydrogen) atoms. The highest BCUT2D eigenvalue weighted by atomic mass is 19.1. The number of methoxy groups -OCH3 is 1. The summed E-state index contributed by atoms with van der Waals surface area (Å²) in [5.41, 5.74) is -3.24. The lowest BCUT2D eigenvalue weighted by Gasteiger charge is -2.53. The number of rotatable bonds is 11. The fourth-order valence-electron chi connectivity index (χ4n) is 18.0. The van der Waals surface area contributed by atoms with E-state index in [1.165, 1.54) is 45.3 Å². The number of aromatic hydroxyl groups is 1. The van der Waals surface area contributed by atoms with Crippen molar-refractivity contribution in [3.8, 4) is 11.5 Å². The molecular weight excluding hydrogens is 1450 g/mol. The third kappa shape index (κ3) is 16.7. The third-order valence-corrected chi connectivity index (χ3v) is 24.4. The largest absolute Gasteiger partial charge is 0.510 e. The van der Waals surface area contributed by atoms with Crippen molar-refractivity contribution >= 4 is 46.0 Å². The number of nitrogens with zero attached hydrogens (tertiary/aromatic N) is 6. The highest BCUT2D eigenvalue weighted by Gasteiger charge is 2.68. The molecule has 5 aliphatic heterocycles. The van der Waals surface area contributed by atoms with E-state index in [1.807, 2.05) is 70.6 Å². The first kappa shape index (κ1) is 89.7. The SMILES string of the molecule is CC1COc2c(N3CCN(C)CC3)c(F)cc3c(=O)c(C(=O)O)cn1c23.CC[C@H]1OC(=O)[C@H](C)[C@@H](O[C@H]2C[C@@](C)(OC)[C@@H](O)[C@H](C)O2)[C@H](C)[C@@H](O[C@@H]2O[C@H](C)C[C@H](N(C)C)[C@H]2O)[C@](C)(O)C[C@@H](C)CN(C)[C@H](C)[C@@H](O)[C@]1(C)O.C[C@H]1c2cccc(O)c2C(=O)C2=C(O)[C@]3(O)C(=O)C(C(N)=O)=C(O)[C@@H](N(C)C)[C@@H]3[C@@H](O)[C@@H]21.O. The van der Waals surface area contributed by atoms with Gasteiger partial charge in [0.2, 0.25) is 11.2 Å². The first-order valence-electron chi connectivity index (χ1n) is 37.7. The lowest BCUT2D eigenvalue weighted by atomic mass is 9.55. The number of primary amides is 1. The van der Waals surface area contributed by atoms with E-state index in [-0.39, 0.29) is 77.7 Å². The van der Waals surface area contributed by atoms with Crippen LogP contribution in [0.4, 0.5) is 10.1 Å². The molecule has 3 aromatic rings. The van der Waals surface area contributed by atoms with Crippen LogP contribution in [0.1, 0.15) is 147 Å². The molecule has 6 heterocycles. The first-order chi connectivity index (χ1) is 51.2. The lowest BCUT2D eigenvalue weighted by molar-refractivity contribution is -0.318. The molecule has 1 amide bonds. The zero-order valence-corrected chi connectivity index (χ0v) is 66.9. The van der Waals surface area contributed by atoms with Crippen molar-refractivity contribution in [3.63, 3.8) is 0 Å². The zero-order chi connectivity index (χ0) is 82.1. The minimum atomic E-state index is -2.89. The van der Waals surface area contributed by atoms with Crippen LogP contribution in [-0.2, 0) is 42.8 Å². The van der Waals surface area contributed by atoms with Crippen molar-refractivity contribution < 1.29 is 123 Å². The number of anilines is 1. The Labute approximate surface area is 645 Å². The number of carboxylic acids is 1. The van der Waals surface area contributed by atoms with Gasteiger partial charge < -0.3 is 125 Å². The Kier molecular flexibility index (Phi) is 27.7. The summed E-state index contributed by atoms with van der Waals surface area (Å²) in [7, 11) is 12.1. The van der Waals surface area contributed by atoms with Gasteiger partial charge in [0.15, 0.2) is 35.5 Å². The molecule has 11 rings (SSSR count). The average molecular weight is 1570 g/mol. The molecule has 33 heteroatoms. The van der Waals surface area contributed by atoms with E-state index in [2.05, 4.69) is 4.90 Å². The molecule has 25 atom stereocenters. The van der Waals surface area contributed by atoms with Gasteiger partial charge in [0.25, 0.3) is 5.91 Å². The molecule has 4 saturated heterocycles. The molecular formula is C78H118FN7O25. The molecule has 622 valence electrons. The number of hydrogen-bond donors (Lipinski definition) is 12. The molecule has 2 aromatic carbocycles. The number of ether oxygens (including phenoxy) is 7. The summed E-state index contributed by atoms with van der Waals surface area (Å²) in [5, 5.41) is 123. The molecule has 0 bridgehead atoms. The molecule has 3 aliphatic carbocycles. The fourth-order valence-corrected chi connectivity index (χ4v) is 18.0. The molecule has 1 aromatic heterocycles. The summed E-state index contributed by atoms with van der Waals surface area (Å²) in [5.74, 6) is -13.0. The minimum Gasteiger partial charge on any atom is -0.510 e. The van der Waals surface area contributed by atoms with Crippen molar-refractivity contribution in [2.75, 3.05) is 93.6 Å². The number of carbonyl (C=O) groups is 5. The number of ketones is 2. The van der Waals surface area contributed by atoms with Crippen LogP contribution in [0.15, 0.2) is 57.9 Å². The number of amides is 1. The summed E-state index contributed by atoms with van der Waals surface area (Å²) >= 11 is 0. The van der Waals surface area contributed by atoms with Crippen molar-refractivity contribution in [1.82, 2.24) is 24.2 Å². The second-order valence-electron chi connectivity index (χ2n) is 32.9. The first-order valence-corrected chi connectivity index (χ1v) is 37.7. The number of carbonyl (C=O) groups excluding carboxylic acids is 4. The number of cyclic esters (lactones) is 1. The van der Waals surface area contributed by atoms with Crippen LogP contribution >= 0.6 is 0 Å². The Morgan fingerprint density at radius 3 is 2.04 bits per heavy atom. The van der Waals surface area contributed by atoms with Gasteiger partial charge in [-0.25, -0.2) is 9.18 Å². The second-order valence-corrected chi connectivity index (χ2v) is 32.9. The molecule has 15 N–H and O–H groups in total. The number of hydrogen-bond acceptors (Lipinski definition) is 28. The molecule has 4 fully saturated rings. The summed E-state index contributed by atoms with van der Waals surface area (Å²) in [6, 6.07) is 3.35. The lowest BCUT2D eigenvalue weighted by Crippen LogP contribution is -2.68. The number of likely N-dealkylation sites (N-methyl/N-ethyl adjacent to an activating group) is 4. The summed E-state index contributed by atoms with van der Waals surface area (Å²) in [4.78, 5) is 85.9. The van der Waals surface area contributed by atoms with Crippen molar-refractivity contribution in [2.45, 2.75) is 229 Å². The van der Waals surface area contributed by atoms with Gasteiger partial charge >= 0.3 is 11.9 Å². The van der Waals surface area contributed by atoms with Crippen LogP contribution in [0.5, 0.6) is 11.5 Å². The maximum atomic E-state index is 15.0. The molecule has 0 radical (unpaired) electrons.